The molecule has 5 heteroatoms. The molecule has 0 radical (unpaired) electrons. The lowest BCUT2D eigenvalue weighted by Crippen LogP contribution is -2.13. The molecule has 0 bridgehead atoms. The summed E-state index contributed by atoms with van der Waals surface area (Å²) < 4.78 is 0. The Hall–Kier alpha value is -1.91. The van der Waals surface area contributed by atoms with E-state index in [2.05, 4.69) is 20.7 Å². The molecule has 1 aromatic rings. The van der Waals surface area contributed by atoms with E-state index in [0.29, 0.717) is 11.5 Å². The molecule has 1 aromatic heterocycles. The van der Waals surface area contributed by atoms with Gasteiger partial charge in [0.25, 0.3) is 5.91 Å². The van der Waals surface area contributed by atoms with Gasteiger partial charge in [0.05, 0.1) is 17.0 Å². The minimum absolute atomic E-state index is 0.109. The van der Waals surface area contributed by atoms with Crippen molar-refractivity contribution in [1.29, 1.82) is 0 Å². The molecule has 1 aliphatic heterocycles. The van der Waals surface area contributed by atoms with Crippen LogP contribution in [0.25, 0.3) is 6.08 Å². The maximum absolute atomic E-state index is 11.6. The Bertz CT molecular complexity index is 508. The van der Waals surface area contributed by atoms with Crippen molar-refractivity contribution in [3.8, 4) is 0 Å². The predicted molar refractivity (Wildman–Crippen MR) is 59.6 cm³/mol. The minimum atomic E-state index is -0.109. The first-order chi connectivity index (χ1) is 7.75. The highest BCUT2D eigenvalue weighted by atomic mass is 16.2. The van der Waals surface area contributed by atoms with Crippen LogP contribution in [-0.4, -0.2) is 21.8 Å². The number of aromatic amines is 1. The quantitative estimate of drug-likeness (QED) is 0.724. The SMILES string of the molecule is Cc1n[nH]cc1C=C1C(=O)NN=C1C1CC1. The van der Waals surface area contributed by atoms with E-state index in [4.69, 9.17) is 0 Å². The molecule has 0 unspecified atom stereocenters. The topological polar surface area (TPSA) is 70.1 Å². The summed E-state index contributed by atoms with van der Waals surface area (Å²) >= 11 is 0. The summed E-state index contributed by atoms with van der Waals surface area (Å²) in [4.78, 5) is 11.6. The minimum Gasteiger partial charge on any atom is -0.285 e. The van der Waals surface area contributed by atoms with Crippen LogP contribution in [0, 0.1) is 12.8 Å². The number of hydrogen-bond acceptors (Lipinski definition) is 3. The van der Waals surface area contributed by atoms with E-state index in [9.17, 15) is 4.79 Å². The van der Waals surface area contributed by atoms with Crippen molar-refractivity contribution in [3.05, 3.63) is 23.0 Å². The summed E-state index contributed by atoms with van der Waals surface area (Å²) in [7, 11) is 0. The standard InChI is InChI=1S/C11H12N4O/c1-6-8(5-12-13-6)4-9-10(7-2-3-7)14-15-11(9)16/h4-5,7H,2-3H2,1H3,(H,12,13)(H,15,16). The fourth-order valence-electron chi connectivity index (χ4n) is 1.82. The van der Waals surface area contributed by atoms with E-state index in [-0.39, 0.29) is 5.91 Å². The number of hydrogen-bond donors (Lipinski definition) is 2. The number of rotatable bonds is 2. The normalized spacial score (nSPS) is 22.4. The molecule has 2 aliphatic rings. The van der Waals surface area contributed by atoms with Gasteiger partial charge in [0.15, 0.2) is 0 Å². The van der Waals surface area contributed by atoms with Gasteiger partial charge in [-0.3, -0.25) is 9.89 Å². The van der Waals surface area contributed by atoms with E-state index in [0.717, 1.165) is 29.8 Å². The van der Waals surface area contributed by atoms with E-state index in [1.165, 1.54) is 0 Å². The number of amides is 1. The summed E-state index contributed by atoms with van der Waals surface area (Å²) in [6, 6.07) is 0. The van der Waals surface area contributed by atoms with Gasteiger partial charge in [-0.25, -0.2) is 5.43 Å². The molecule has 16 heavy (non-hydrogen) atoms. The lowest BCUT2D eigenvalue weighted by Gasteiger charge is -1.97. The molecule has 82 valence electrons. The lowest BCUT2D eigenvalue weighted by molar-refractivity contribution is -0.116. The third-order valence-electron chi connectivity index (χ3n) is 2.93. The molecule has 2 N–H and O–H groups in total. The number of carbonyl (C=O) groups excluding carboxylic acids is 1. The van der Waals surface area contributed by atoms with Crippen LogP contribution < -0.4 is 5.43 Å². The van der Waals surface area contributed by atoms with E-state index in [1.54, 1.807) is 6.20 Å². The largest absolute Gasteiger partial charge is 0.285 e. The Morgan fingerprint density at radius 2 is 2.31 bits per heavy atom. The van der Waals surface area contributed by atoms with Crippen molar-refractivity contribution in [2.45, 2.75) is 19.8 Å². The maximum Gasteiger partial charge on any atom is 0.273 e. The van der Waals surface area contributed by atoms with Crippen LogP contribution in [0.5, 0.6) is 0 Å². The number of H-pyrrole nitrogens is 1. The molecule has 3 rings (SSSR count). The van der Waals surface area contributed by atoms with Crippen molar-refractivity contribution >= 4 is 17.7 Å². The number of aromatic nitrogens is 2. The monoisotopic (exact) mass is 216 g/mol. The molecule has 2 heterocycles. The van der Waals surface area contributed by atoms with E-state index in [1.807, 2.05) is 13.0 Å². The van der Waals surface area contributed by atoms with Gasteiger partial charge in [-0.15, -0.1) is 0 Å². The smallest absolute Gasteiger partial charge is 0.273 e. The Morgan fingerprint density at radius 3 is 2.94 bits per heavy atom. The van der Waals surface area contributed by atoms with Crippen LogP contribution in [0.3, 0.4) is 0 Å². The number of hydrazone groups is 1. The van der Waals surface area contributed by atoms with Crippen molar-refractivity contribution in [2.75, 3.05) is 0 Å². The molecule has 1 saturated carbocycles. The molecule has 0 aromatic carbocycles. The van der Waals surface area contributed by atoms with Crippen molar-refractivity contribution < 1.29 is 4.79 Å². The molecular formula is C11H12N4O. The molecule has 5 nitrogen and oxygen atoms in total. The van der Waals surface area contributed by atoms with Crippen LogP contribution >= 0.6 is 0 Å². The second-order valence-corrected chi connectivity index (χ2v) is 4.20. The first-order valence-electron chi connectivity index (χ1n) is 5.36. The molecule has 0 atom stereocenters. The Balaban J connectivity index is 1.98. The fourth-order valence-corrected chi connectivity index (χ4v) is 1.82. The highest BCUT2D eigenvalue weighted by Gasteiger charge is 2.35. The van der Waals surface area contributed by atoms with Crippen LogP contribution in [0.4, 0.5) is 0 Å². The van der Waals surface area contributed by atoms with Gasteiger partial charge in [-0.2, -0.15) is 10.2 Å². The van der Waals surface area contributed by atoms with Crippen molar-refractivity contribution in [2.24, 2.45) is 11.0 Å². The van der Waals surface area contributed by atoms with E-state index < -0.39 is 0 Å². The van der Waals surface area contributed by atoms with Crippen molar-refractivity contribution in [3.63, 3.8) is 0 Å². The zero-order chi connectivity index (χ0) is 11.1. The number of nitrogens with zero attached hydrogens (tertiary/aromatic N) is 2. The first kappa shape index (κ1) is 9.33. The number of carbonyl (C=O) groups is 1. The first-order valence-corrected chi connectivity index (χ1v) is 5.36. The molecule has 0 spiro atoms. The summed E-state index contributed by atoms with van der Waals surface area (Å²) in [5, 5.41) is 10.9. The van der Waals surface area contributed by atoms with Gasteiger partial charge < -0.3 is 0 Å². The summed E-state index contributed by atoms with van der Waals surface area (Å²) in [5.41, 5.74) is 5.95. The third-order valence-corrected chi connectivity index (χ3v) is 2.93. The average molecular weight is 216 g/mol. The summed E-state index contributed by atoms with van der Waals surface area (Å²) in [6.45, 7) is 1.91. The zero-order valence-corrected chi connectivity index (χ0v) is 8.95. The summed E-state index contributed by atoms with van der Waals surface area (Å²) in [5.74, 6) is 0.361. The van der Waals surface area contributed by atoms with Gasteiger partial charge in [0, 0.05) is 17.7 Å². The van der Waals surface area contributed by atoms with Gasteiger partial charge in [-0.05, 0) is 25.8 Å². The molecule has 1 amide bonds. The molecular weight excluding hydrogens is 204 g/mol. The molecule has 1 aliphatic carbocycles. The highest BCUT2D eigenvalue weighted by Crippen LogP contribution is 2.35. The van der Waals surface area contributed by atoms with Gasteiger partial charge in [0.2, 0.25) is 0 Å². The van der Waals surface area contributed by atoms with Crippen LogP contribution in [-0.2, 0) is 4.79 Å². The Kier molecular flexibility index (Phi) is 1.92. The van der Waals surface area contributed by atoms with E-state index >= 15 is 0 Å². The molecule has 0 saturated heterocycles. The van der Waals surface area contributed by atoms with Gasteiger partial charge >= 0.3 is 0 Å². The second-order valence-electron chi connectivity index (χ2n) is 4.20. The molecule has 1 fully saturated rings. The predicted octanol–water partition coefficient (Wildman–Crippen LogP) is 0.997. The van der Waals surface area contributed by atoms with Crippen LogP contribution in [0.1, 0.15) is 24.1 Å². The number of aryl methyl sites for hydroxylation is 1. The zero-order valence-electron chi connectivity index (χ0n) is 8.95. The Labute approximate surface area is 92.6 Å². The second kappa shape index (κ2) is 3.30. The fraction of sp³-hybridized carbons (Fsp3) is 0.364. The third kappa shape index (κ3) is 1.44. The van der Waals surface area contributed by atoms with Crippen LogP contribution in [0.15, 0.2) is 16.9 Å². The van der Waals surface area contributed by atoms with Gasteiger partial charge in [0.1, 0.15) is 0 Å². The van der Waals surface area contributed by atoms with Crippen molar-refractivity contribution in [1.82, 2.24) is 15.6 Å². The van der Waals surface area contributed by atoms with Crippen LogP contribution in [0.2, 0.25) is 0 Å². The average Bonchev–Trinajstić information content (AvgIpc) is 2.94. The summed E-state index contributed by atoms with van der Waals surface area (Å²) in [6.07, 6.45) is 5.92. The number of nitrogens with one attached hydrogen (secondary N) is 2. The van der Waals surface area contributed by atoms with Gasteiger partial charge in [-0.1, -0.05) is 0 Å². The highest BCUT2D eigenvalue weighted by molar-refractivity contribution is 6.28. The lowest BCUT2D eigenvalue weighted by atomic mass is 10.0. The Morgan fingerprint density at radius 1 is 1.50 bits per heavy atom. The maximum atomic E-state index is 11.6.